The summed E-state index contributed by atoms with van der Waals surface area (Å²) in [4.78, 5) is 4.23. The van der Waals surface area contributed by atoms with Crippen molar-refractivity contribution in [2.75, 3.05) is 5.32 Å². The lowest BCUT2D eigenvalue weighted by molar-refractivity contribution is 0.374. The first kappa shape index (κ1) is 12.7. The maximum Gasteiger partial charge on any atom is 0.106 e. The van der Waals surface area contributed by atoms with Crippen LogP contribution < -0.4 is 5.32 Å². The van der Waals surface area contributed by atoms with Crippen molar-refractivity contribution in [1.29, 1.82) is 0 Å². The smallest absolute Gasteiger partial charge is 0.106 e. The average molecular weight is 317 g/mol. The molecule has 1 aliphatic rings. The topological polar surface area (TPSA) is 24.9 Å². The average Bonchev–Trinajstić information content (AvgIpc) is 2.35. The molecular formula is C16H17BrN2. The monoisotopic (exact) mass is 316 g/mol. The Bertz CT molecular complexity index is 559. The second-order valence-corrected chi connectivity index (χ2v) is 6.11. The van der Waals surface area contributed by atoms with Crippen LogP contribution in [0.4, 0.5) is 5.69 Å². The molecule has 0 aliphatic heterocycles. The van der Waals surface area contributed by atoms with Crippen LogP contribution >= 0.6 is 15.9 Å². The summed E-state index contributed by atoms with van der Waals surface area (Å²) in [5, 5.41) is 3.54. The molecule has 19 heavy (non-hydrogen) atoms. The molecular weight excluding hydrogens is 300 g/mol. The molecule has 0 radical (unpaired) electrons. The first-order chi connectivity index (χ1) is 9.20. The Hall–Kier alpha value is -1.35. The summed E-state index contributed by atoms with van der Waals surface area (Å²) in [7, 11) is 0. The molecule has 0 spiro atoms. The molecule has 1 fully saturated rings. The predicted molar refractivity (Wildman–Crippen MR) is 82.5 cm³/mol. The molecule has 0 amide bonds. The molecule has 98 valence electrons. The van der Waals surface area contributed by atoms with Crippen LogP contribution in [0.3, 0.4) is 0 Å². The van der Waals surface area contributed by atoms with E-state index < -0.39 is 0 Å². The normalized spacial score (nSPS) is 21.8. The van der Waals surface area contributed by atoms with E-state index in [1.165, 1.54) is 24.0 Å². The Morgan fingerprint density at radius 1 is 1.21 bits per heavy atom. The summed E-state index contributed by atoms with van der Waals surface area (Å²) >= 11 is 3.35. The van der Waals surface area contributed by atoms with Gasteiger partial charge in [0.1, 0.15) is 4.60 Å². The van der Waals surface area contributed by atoms with E-state index in [-0.39, 0.29) is 0 Å². The van der Waals surface area contributed by atoms with Crippen molar-refractivity contribution < 1.29 is 0 Å². The zero-order valence-corrected chi connectivity index (χ0v) is 12.5. The Labute approximate surface area is 122 Å². The molecule has 1 aromatic carbocycles. The molecule has 1 heterocycles. The number of hydrogen-bond donors (Lipinski definition) is 1. The minimum atomic E-state index is 0.577. The van der Waals surface area contributed by atoms with E-state index in [9.17, 15) is 0 Å². The van der Waals surface area contributed by atoms with Crippen LogP contribution in [-0.4, -0.2) is 11.0 Å². The molecule has 3 rings (SSSR count). The fourth-order valence-corrected chi connectivity index (χ4v) is 2.86. The number of hydrogen-bond acceptors (Lipinski definition) is 2. The lowest BCUT2D eigenvalue weighted by Crippen LogP contribution is -2.34. The first-order valence-electron chi connectivity index (χ1n) is 6.65. The van der Waals surface area contributed by atoms with Gasteiger partial charge in [-0.1, -0.05) is 29.8 Å². The summed E-state index contributed by atoms with van der Waals surface area (Å²) < 4.78 is 0.879. The lowest BCUT2D eigenvalue weighted by Gasteiger charge is -2.37. The number of halogens is 1. The van der Waals surface area contributed by atoms with Gasteiger partial charge in [0.15, 0.2) is 0 Å². The number of rotatable bonds is 3. The fraction of sp³-hybridized carbons (Fsp3) is 0.312. The van der Waals surface area contributed by atoms with E-state index in [2.05, 4.69) is 63.5 Å². The summed E-state index contributed by atoms with van der Waals surface area (Å²) in [6.45, 7) is 2.16. The van der Waals surface area contributed by atoms with Gasteiger partial charge in [0.25, 0.3) is 0 Å². The van der Waals surface area contributed by atoms with Gasteiger partial charge in [0, 0.05) is 6.04 Å². The van der Waals surface area contributed by atoms with Gasteiger partial charge in [-0.15, -0.1) is 0 Å². The van der Waals surface area contributed by atoms with Crippen LogP contribution in [-0.2, 0) is 0 Å². The number of aryl methyl sites for hydroxylation is 1. The third kappa shape index (κ3) is 2.98. The molecule has 0 bridgehead atoms. The summed E-state index contributed by atoms with van der Waals surface area (Å²) in [5.41, 5.74) is 3.94. The maximum absolute atomic E-state index is 4.23. The molecule has 1 aromatic heterocycles. The number of anilines is 1. The molecule has 1 N–H and O–H groups in total. The van der Waals surface area contributed by atoms with Crippen molar-refractivity contribution >= 4 is 21.6 Å². The van der Waals surface area contributed by atoms with Crippen LogP contribution in [0.1, 0.15) is 29.9 Å². The highest BCUT2D eigenvalue weighted by Crippen LogP contribution is 2.38. The lowest BCUT2D eigenvalue weighted by atomic mass is 9.75. The zero-order chi connectivity index (χ0) is 13.2. The standard InChI is InChI=1S/C16H17BrN2/c1-11-3-2-4-12(7-11)13-8-15(9-13)19-14-5-6-16(17)18-10-14/h2-7,10,13,15,19H,8-9H2,1H3. The van der Waals surface area contributed by atoms with Crippen LogP contribution in [0, 0.1) is 6.92 Å². The van der Waals surface area contributed by atoms with E-state index in [4.69, 9.17) is 0 Å². The van der Waals surface area contributed by atoms with Crippen molar-refractivity contribution in [3.05, 3.63) is 58.3 Å². The largest absolute Gasteiger partial charge is 0.381 e. The van der Waals surface area contributed by atoms with Gasteiger partial charge < -0.3 is 5.32 Å². The predicted octanol–water partition coefficient (Wildman–Crippen LogP) is 4.51. The van der Waals surface area contributed by atoms with Gasteiger partial charge >= 0.3 is 0 Å². The van der Waals surface area contributed by atoms with E-state index in [1.54, 1.807) is 0 Å². The first-order valence-corrected chi connectivity index (χ1v) is 7.44. The van der Waals surface area contributed by atoms with Crippen LogP contribution in [0.15, 0.2) is 47.2 Å². The molecule has 3 heteroatoms. The number of aromatic nitrogens is 1. The van der Waals surface area contributed by atoms with Crippen molar-refractivity contribution in [3.8, 4) is 0 Å². The fourth-order valence-electron chi connectivity index (χ4n) is 2.63. The molecule has 0 unspecified atom stereocenters. The number of nitrogens with zero attached hydrogens (tertiary/aromatic N) is 1. The number of pyridine rings is 1. The Balaban J connectivity index is 1.57. The highest BCUT2D eigenvalue weighted by molar-refractivity contribution is 9.10. The number of nitrogens with one attached hydrogen (secondary N) is 1. The quantitative estimate of drug-likeness (QED) is 0.843. The van der Waals surface area contributed by atoms with Gasteiger partial charge in [0.2, 0.25) is 0 Å². The third-order valence-corrected chi connectivity index (χ3v) is 4.22. The SMILES string of the molecule is Cc1cccc(C2CC(Nc3ccc(Br)nc3)C2)c1. The van der Waals surface area contributed by atoms with Gasteiger partial charge in [-0.3, -0.25) is 0 Å². The second kappa shape index (κ2) is 5.33. The van der Waals surface area contributed by atoms with Crippen molar-refractivity contribution in [1.82, 2.24) is 4.98 Å². The summed E-state index contributed by atoms with van der Waals surface area (Å²) in [5.74, 6) is 0.709. The molecule has 1 saturated carbocycles. The van der Waals surface area contributed by atoms with Gasteiger partial charge in [-0.25, -0.2) is 4.98 Å². The van der Waals surface area contributed by atoms with E-state index in [0.29, 0.717) is 12.0 Å². The highest BCUT2D eigenvalue weighted by Gasteiger charge is 2.30. The minimum absolute atomic E-state index is 0.577. The van der Waals surface area contributed by atoms with E-state index in [0.717, 1.165) is 10.3 Å². The molecule has 2 aromatic rings. The Kier molecular flexibility index (Phi) is 3.56. The molecule has 1 aliphatic carbocycles. The number of benzene rings is 1. The van der Waals surface area contributed by atoms with Crippen LogP contribution in [0.5, 0.6) is 0 Å². The van der Waals surface area contributed by atoms with E-state index >= 15 is 0 Å². The van der Waals surface area contributed by atoms with Crippen LogP contribution in [0.2, 0.25) is 0 Å². The van der Waals surface area contributed by atoms with Crippen LogP contribution in [0.25, 0.3) is 0 Å². The third-order valence-electron chi connectivity index (χ3n) is 3.75. The maximum atomic E-state index is 4.23. The highest BCUT2D eigenvalue weighted by atomic mass is 79.9. The van der Waals surface area contributed by atoms with Crippen molar-refractivity contribution in [2.45, 2.75) is 31.7 Å². The minimum Gasteiger partial charge on any atom is -0.381 e. The summed E-state index contributed by atoms with van der Waals surface area (Å²) in [6.07, 6.45) is 4.29. The Morgan fingerprint density at radius 2 is 2.05 bits per heavy atom. The van der Waals surface area contributed by atoms with Crippen molar-refractivity contribution in [2.24, 2.45) is 0 Å². The van der Waals surface area contributed by atoms with Gasteiger partial charge in [-0.2, -0.15) is 0 Å². The van der Waals surface area contributed by atoms with Gasteiger partial charge in [0.05, 0.1) is 11.9 Å². The molecule has 0 saturated heterocycles. The second-order valence-electron chi connectivity index (χ2n) is 5.29. The van der Waals surface area contributed by atoms with Gasteiger partial charge in [-0.05, 0) is 59.3 Å². The zero-order valence-electron chi connectivity index (χ0n) is 10.9. The summed E-state index contributed by atoms with van der Waals surface area (Å²) in [6, 6.07) is 13.5. The Morgan fingerprint density at radius 3 is 2.74 bits per heavy atom. The molecule has 0 atom stereocenters. The molecule has 2 nitrogen and oxygen atoms in total. The van der Waals surface area contributed by atoms with Crippen molar-refractivity contribution in [3.63, 3.8) is 0 Å². The van der Waals surface area contributed by atoms with E-state index in [1.807, 2.05) is 12.3 Å².